The number of halogens is 1. The Hall–Kier alpha value is -2.92. The van der Waals surface area contributed by atoms with Crippen molar-refractivity contribution in [2.75, 3.05) is 12.4 Å². The Labute approximate surface area is 161 Å². The molecular formula is C21H17ClN2O3. The van der Waals surface area contributed by atoms with Crippen LogP contribution in [0.1, 0.15) is 45.2 Å². The van der Waals surface area contributed by atoms with Gasteiger partial charge in [0.1, 0.15) is 0 Å². The molecule has 1 amide bonds. The quantitative estimate of drug-likeness (QED) is 0.660. The number of ether oxygens (including phenoxy) is 1. The zero-order chi connectivity index (χ0) is 19.0. The topological polar surface area (TPSA) is 68.3 Å². The van der Waals surface area contributed by atoms with Crippen molar-refractivity contribution in [3.8, 4) is 0 Å². The number of nitrogens with zero attached hydrogens (tertiary/aromatic N) is 1. The molecule has 5 nitrogen and oxygen atoms in total. The number of aromatic nitrogens is 1. The van der Waals surface area contributed by atoms with Crippen molar-refractivity contribution >= 4 is 40.1 Å². The van der Waals surface area contributed by atoms with Gasteiger partial charge >= 0.3 is 5.97 Å². The Morgan fingerprint density at radius 2 is 1.89 bits per heavy atom. The predicted molar refractivity (Wildman–Crippen MR) is 104 cm³/mol. The number of fused-ring (bicyclic) bond motifs is 1. The van der Waals surface area contributed by atoms with E-state index < -0.39 is 5.97 Å². The molecule has 0 radical (unpaired) electrons. The Balaban J connectivity index is 1.70. The van der Waals surface area contributed by atoms with Crippen LogP contribution in [0.25, 0.3) is 10.9 Å². The van der Waals surface area contributed by atoms with Crippen LogP contribution in [0.5, 0.6) is 0 Å². The van der Waals surface area contributed by atoms with Gasteiger partial charge in [0.25, 0.3) is 5.91 Å². The molecule has 1 aliphatic rings. The molecule has 27 heavy (non-hydrogen) atoms. The average molecular weight is 381 g/mol. The van der Waals surface area contributed by atoms with Crippen LogP contribution in [0.15, 0.2) is 48.5 Å². The highest BCUT2D eigenvalue weighted by Gasteiger charge is 2.27. The van der Waals surface area contributed by atoms with Crippen LogP contribution in [0.3, 0.4) is 0 Å². The number of para-hydroxylation sites is 1. The standard InChI is InChI=1S/C21H17ClN2O3/c1-27-21(26)16-10-13(8-9-17(16)22)23-20(25)15-11-19(12-6-7-12)24-18-5-3-2-4-14(15)18/h2-5,8-12H,6-7H2,1H3,(H,23,25). The van der Waals surface area contributed by atoms with Gasteiger partial charge in [0.15, 0.2) is 0 Å². The summed E-state index contributed by atoms with van der Waals surface area (Å²) in [6.45, 7) is 0. The van der Waals surface area contributed by atoms with Crippen molar-refractivity contribution in [2.24, 2.45) is 0 Å². The third kappa shape index (κ3) is 3.51. The maximum absolute atomic E-state index is 13.0. The summed E-state index contributed by atoms with van der Waals surface area (Å²) < 4.78 is 4.72. The van der Waals surface area contributed by atoms with Crippen LogP contribution in [-0.2, 0) is 4.74 Å². The molecule has 0 aliphatic heterocycles. The van der Waals surface area contributed by atoms with Gasteiger partial charge in [-0.05, 0) is 43.2 Å². The predicted octanol–water partition coefficient (Wildman–Crippen LogP) is 4.80. The number of benzene rings is 2. The van der Waals surface area contributed by atoms with Gasteiger partial charge in [-0.25, -0.2) is 4.79 Å². The lowest BCUT2D eigenvalue weighted by Gasteiger charge is -2.11. The van der Waals surface area contributed by atoms with Gasteiger partial charge in [0, 0.05) is 22.7 Å². The minimum absolute atomic E-state index is 0.204. The number of hydrogen-bond donors (Lipinski definition) is 1. The normalized spacial score (nSPS) is 13.4. The van der Waals surface area contributed by atoms with E-state index in [1.807, 2.05) is 30.3 Å². The summed E-state index contributed by atoms with van der Waals surface area (Å²) in [7, 11) is 1.28. The van der Waals surface area contributed by atoms with Gasteiger partial charge in [-0.2, -0.15) is 0 Å². The van der Waals surface area contributed by atoms with E-state index >= 15 is 0 Å². The van der Waals surface area contributed by atoms with Gasteiger partial charge in [-0.15, -0.1) is 0 Å². The molecule has 1 aromatic heterocycles. The largest absolute Gasteiger partial charge is 0.465 e. The summed E-state index contributed by atoms with van der Waals surface area (Å²) in [6.07, 6.45) is 2.21. The first-order chi connectivity index (χ1) is 13.1. The fourth-order valence-corrected chi connectivity index (χ4v) is 3.23. The molecule has 1 N–H and O–H groups in total. The van der Waals surface area contributed by atoms with Crippen molar-refractivity contribution < 1.29 is 14.3 Å². The van der Waals surface area contributed by atoms with E-state index in [4.69, 9.17) is 16.3 Å². The fourth-order valence-electron chi connectivity index (χ4n) is 3.04. The molecule has 1 aliphatic carbocycles. The fraction of sp³-hybridized carbons (Fsp3) is 0.190. The average Bonchev–Trinajstić information content (AvgIpc) is 3.53. The van der Waals surface area contributed by atoms with Gasteiger partial charge in [-0.3, -0.25) is 9.78 Å². The summed E-state index contributed by atoms with van der Waals surface area (Å²) in [5.41, 5.74) is 2.99. The number of carbonyl (C=O) groups is 2. The second kappa shape index (κ2) is 7.00. The highest BCUT2D eigenvalue weighted by molar-refractivity contribution is 6.33. The summed E-state index contributed by atoms with van der Waals surface area (Å²) in [4.78, 5) is 29.5. The minimum Gasteiger partial charge on any atom is -0.465 e. The number of anilines is 1. The Morgan fingerprint density at radius 1 is 1.11 bits per heavy atom. The lowest BCUT2D eigenvalue weighted by molar-refractivity contribution is 0.0600. The van der Waals surface area contributed by atoms with Crippen molar-refractivity contribution in [3.05, 3.63) is 70.4 Å². The van der Waals surface area contributed by atoms with E-state index in [2.05, 4.69) is 10.3 Å². The third-order valence-corrected chi connectivity index (χ3v) is 4.94. The summed E-state index contributed by atoms with van der Waals surface area (Å²) in [5, 5.41) is 3.91. The van der Waals surface area contributed by atoms with E-state index in [0.717, 1.165) is 29.4 Å². The number of hydrogen-bond acceptors (Lipinski definition) is 4. The van der Waals surface area contributed by atoms with Crippen LogP contribution in [0, 0.1) is 0 Å². The van der Waals surface area contributed by atoms with Crippen LogP contribution in [0.2, 0.25) is 5.02 Å². The maximum Gasteiger partial charge on any atom is 0.339 e. The first-order valence-corrected chi connectivity index (χ1v) is 9.03. The number of nitrogens with one attached hydrogen (secondary N) is 1. The van der Waals surface area contributed by atoms with Gasteiger partial charge in [0.05, 0.1) is 28.8 Å². The van der Waals surface area contributed by atoms with E-state index in [1.165, 1.54) is 13.2 Å². The molecular weight excluding hydrogens is 364 g/mol. The molecule has 3 aromatic rings. The lowest BCUT2D eigenvalue weighted by atomic mass is 10.0. The Morgan fingerprint density at radius 3 is 2.63 bits per heavy atom. The van der Waals surface area contributed by atoms with Crippen molar-refractivity contribution in [3.63, 3.8) is 0 Å². The van der Waals surface area contributed by atoms with Crippen LogP contribution < -0.4 is 5.32 Å². The molecule has 1 saturated carbocycles. The number of pyridine rings is 1. The zero-order valence-electron chi connectivity index (χ0n) is 14.7. The van der Waals surface area contributed by atoms with E-state index in [1.54, 1.807) is 12.1 Å². The van der Waals surface area contributed by atoms with Crippen molar-refractivity contribution in [1.82, 2.24) is 4.98 Å². The van der Waals surface area contributed by atoms with Gasteiger partial charge < -0.3 is 10.1 Å². The molecule has 0 atom stereocenters. The summed E-state index contributed by atoms with van der Waals surface area (Å²) in [6, 6.07) is 14.2. The lowest BCUT2D eigenvalue weighted by Crippen LogP contribution is -2.14. The molecule has 1 fully saturated rings. The molecule has 0 bridgehead atoms. The second-order valence-corrected chi connectivity index (χ2v) is 6.93. The van der Waals surface area contributed by atoms with E-state index in [0.29, 0.717) is 17.2 Å². The first-order valence-electron chi connectivity index (χ1n) is 8.65. The zero-order valence-corrected chi connectivity index (χ0v) is 15.4. The number of rotatable bonds is 4. The van der Waals surface area contributed by atoms with Crippen LogP contribution in [0.4, 0.5) is 5.69 Å². The molecule has 0 saturated heterocycles. The number of amides is 1. The molecule has 0 spiro atoms. The molecule has 2 aromatic carbocycles. The second-order valence-electron chi connectivity index (χ2n) is 6.53. The Kier molecular flexibility index (Phi) is 4.54. The highest BCUT2D eigenvalue weighted by atomic mass is 35.5. The highest BCUT2D eigenvalue weighted by Crippen LogP contribution is 2.40. The number of esters is 1. The molecule has 136 valence electrons. The number of carbonyl (C=O) groups excluding carboxylic acids is 2. The Bertz CT molecular complexity index is 1060. The van der Waals surface area contributed by atoms with Gasteiger partial charge in [-0.1, -0.05) is 29.8 Å². The SMILES string of the molecule is COC(=O)c1cc(NC(=O)c2cc(C3CC3)nc3ccccc23)ccc1Cl. The first kappa shape index (κ1) is 17.5. The van der Waals surface area contributed by atoms with Gasteiger partial charge in [0.2, 0.25) is 0 Å². The molecule has 4 rings (SSSR count). The van der Waals surface area contributed by atoms with Crippen molar-refractivity contribution in [2.45, 2.75) is 18.8 Å². The molecule has 1 heterocycles. The monoisotopic (exact) mass is 380 g/mol. The molecule has 6 heteroatoms. The minimum atomic E-state index is -0.554. The maximum atomic E-state index is 13.0. The smallest absolute Gasteiger partial charge is 0.339 e. The summed E-state index contributed by atoms with van der Waals surface area (Å²) >= 11 is 6.04. The van der Waals surface area contributed by atoms with Crippen LogP contribution in [-0.4, -0.2) is 24.0 Å². The van der Waals surface area contributed by atoms with E-state index in [-0.39, 0.29) is 16.5 Å². The van der Waals surface area contributed by atoms with Crippen LogP contribution >= 0.6 is 11.6 Å². The molecule has 0 unspecified atom stereocenters. The summed E-state index contributed by atoms with van der Waals surface area (Å²) in [5.74, 6) is -0.377. The number of methoxy groups -OCH3 is 1. The van der Waals surface area contributed by atoms with Crippen molar-refractivity contribution in [1.29, 1.82) is 0 Å². The van der Waals surface area contributed by atoms with E-state index in [9.17, 15) is 9.59 Å². The third-order valence-electron chi connectivity index (χ3n) is 4.61.